The van der Waals surface area contributed by atoms with Gasteiger partial charge < -0.3 is 4.90 Å². The Morgan fingerprint density at radius 1 is 1.17 bits per heavy atom. The monoisotopic (exact) mass is 338 g/mol. The van der Waals surface area contributed by atoms with Crippen LogP contribution in [0, 0.1) is 6.92 Å². The van der Waals surface area contributed by atoms with Crippen molar-refractivity contribution in [2.24, 2.45) is 0 Å². The van der Waals surface area contributed by atoms with Crippen molar-refractivity contribution in [3.8, 4) is 0 Å². The first-order valence-corrected chi connectivity index (χ1v) is 10.0. The molecular weight excluding hydrogens is 312 g/mol. The maximum absolute atomic E-state index is 12.9. The Hall–Kier alpha value is -1.56. The van der Waals surface area contributed by atoms with E-state index in [2.05, 4.69) is 0 Å². The highest BCUT2D eigenvalue weighted by molar-refractivity contribution is 7.92. The number of likely N-dealkylation sites (tertiary alicyclic amines) is 1. The van der Waals surface area contributed by atoms with Gasteiger partial charge in [-0.15, -0.1) is 0 Å². The lowest BCUT2D eigenvalue weighted by atomic mass is 10.1. The summed E-state index contributed by atoms with van der Waals surface area (Å²) >= 11 is 0. The lowest BCUT2D eigenvalue weighted by molar-refractivity contribution is -0.133. The molecule has 0 aliphatic carbocycles. The van der Waals surface area contributed by atoms with E-state index in [-0.39, 0.29) is 5.91 Å². The predicted octanol–water partition coefficient (Wildman–Crippen LogP) is 2.55. The SMILES string of the molecule is CC[C@@H](C(=O)N1CCCCC1)N(c1ccc(C)cc1)S(C)(=O)=O. The summed E-state index contributed by atoms with van der Waals surface area (Å²) in [5.41, 5.74) is 1.60. The third-order valence-electron chi connectivity index (χ3n) is 4.27. The number of rotatable bonds is 5. The van der Waals surface area contributed by atoms with Crippen molar-refractivity contribution in [3.05, 3.63) is 29.8 Å². The Kier molecular flexibility index (Phi) is 5.68. The predicted molar refractivity (Wildman–Crippen MR) is 93.0 cm³/mol. The Morgan fingerprint density at radius 2 is 1.74 bits per heavy atom. The average Bonchev–Trinajstić information content (AvgIpc) is 2.53. The number of sulfonamides is 1. The van der Waals surface area contributed by atoms with Gasteiger partial charge in [0.1, 0.15) is 6.04 Å². The lowest BCUT2D eigenvalue weighted by Crippen LogP contribution is -2.51. The van der Waals surface area contributed by atoms with Crippen LogP contribution >= 0.6 is 0 Å². The van der Waals surface area contributed by atoms with Gasteiger partial charge in [0, 0.05) is 13.1 Å². The van der Waals surface area contributed by atoms with Crippen LogP contribution in [-0.2, 0) is 14.8 Å². The van der Waals surface area contributed by atoms with E-state index in [0.717, 1.165) is 37.9 Å². The number of carbonyl (C=O) groups is 1. The summed E-state index contributed by atoms with van der Waals surface area (Å²) in [7, 11) is -3.54. The first-order valence-electron chi connectivity index (χ1n) is 8.19. The molecule has 1 aliphatic heterocycles. The molecule has 2 rings (SSSR count). The Bertz CT molecular complexity index is 634. The fraction of sp³-hybridized carbons (Fsp3) is 0.588. The standard InChI is InChI=1S/C17H26N2O3S/c1-4-16(17(20)18-12-6-5-7-13-18)19(23(3,21)22)15-10-8-14(2)9-11-15/h8-11,16H,4-7,12-13H2,1-3H3/t16-/m0/s1. The molecule has 1 aromatic carbocycles. The van der Waals surface area contributed by atoms with Gasteiger partial charge in [0.05, 0.1) is 11.9 Å². The molecule has 0 radical (unpaired) electrons. The zero-order valence-electron chi connectivity index (χ0n) is 14.2. The van der Waals surface area contributed by atoms with Gasteiger partial charge in [-0.25, -0.2) is 8.42 Å². The molecule has 1 heterocycles. The fourth-order valence-corrected chi connectivity index (χ4v) is 4.27. The molecule has 1 aliphatic rings. The molecule has 0 aromatic heterocycles. The second-order valence-electron chi connectivity index (χ2n) is 6.20. The van der Waals surface area contributed by atoms with Crippen molar-refractivity contribution in [3.63, 3.8) is 0 Å². The third-order valence-corrected chi connectivity index (χ3v) is 5.45. The smallest absolute Gasteiger partial charge is 0.246 e. The number of benzene rings is 1. The molecule has 1 saturated heterocycles. The molecule has 0 spiro atoms. The molecule has 0 N–H and O–H groups in total. The van der Waals surface area contributed by atoms with Crippen LogP contribution in [-0.4, -0.2) is 44.6 Å². The molecule has 1 atom stereocenters. The number of carbonyl (C=O) groups excluding carboxylic acids is 1. The Morgan fingerprint density at radius 3 is 2.22 bits per heavy atom. The molecule has 5 nitrogen and oxygen atoms in total. The molecule has 0 bridgehead atoms. The second kappa shape index (κ2) is 7.34. The van der Waals surface area contributed by atoms with Gasteiger partial charge in [0.25, 0.3) is 0 Å². The first kappa shape index (κ1) is 17.8. The van der Waals surface area contributed by atoms with E-state index in [4.69, 9.17) is 0 Å². The van der Waals surface area contributed by atoms with E-state index in [1.54, 1.807) is 12.1 Å². The van der Waals surface area contributed by atoms with Crippen molar-refractivity contribution >= 4 is 21.6 Å². The lowest BCUT2D eigenvalue weighted by Gasteiger charge is -2.35. The normalized spacial score (nSPS) is 16.9. The van der Waals surface area contributed by atoms with Gasteiger partial charge in [0.2, 0.25) is 15.9 Å². The average molecular weight is 338 g/mol. The number of anilines is 1. The molecule has 0 unspecified atom stereocenters. The number of aryl methyl sites for hydroxylation is 1. The largest absolute Gasteiger partial charge is 0.341 e. The van der Waals surface area contributed by atoms with E-state index in [1.807, 2.05) is 30.9 Å². The molecule has 1 amide bonds. The quantitative estimate of drug-likeness (QED) is 0.829. The summed E-state index contributed by atoms with van der Waals surface area (Å²) in [4.78, 5) is 14.7. The molecule has 6 heteroatoms. The van der Waals surface area contributed by atoms with E-state index >= 15 is 0 Å². The van der Waals surface area contributed by atoms with Gasteiger partial charge in [-0.3, -0.25) is 9.10 Å². The summed E-state index contributed by atoms with van der Waals surface area (Å²) in [6.07, 6.45) is 4.74. The third kappa shape index (κ3) is 4.25. The zero-order chi connectivity index (χ0) is 17.0. The topological polar surface area (TPSA) is 57.7 Å². The minimum Gasteiger partial charge on any atom is -0.341 e. The summed E-state index contributed by atoms with van der Waals surface area (Å²) in [6, 6.07) is 6.59. The fourth-order valence-electron chi connectivity index (χ4n) is 3.06. The van der Waals surface area contributed by atoms with Crippen LogP contribution in [0.1, 0.15) is 38.2 Å². The van der Waals surface area contributed by atoms with E-state index < -0.39 is 16.1 Å². The van der Waals surface area contributed by atoms with Crippen molar-refractivity contribution < 1.29 is 13.2 Å². The summed E-state index contributed by atoms with van der Waals surface area (Å²) in [5, 5.41) is 0. The highest BCUT2D eigenvalue weighted by Crippen LogP contribution is 2.24. The van der Waals surface area contributed by atoms with Gasteiger partial charge in [-0.1, -0.05) is 24.6 Å². The first-order chi connectivity index (χ1) is 10.8. The zero-order valence-corrected chi connectivity index (χ0v) is 15.0. The molecule has 1 fully saturated rings. The summed E-state index contributed by atoms with van der Waals surface area (Å²) in [5.74, 6) is -0.0850. The molecular formula is C17H26N2O3S. The van der Waals surface area contributed by atoms with Crippen molar-refractivity contribution in [2.75, 3.05) is 23.7 Å². The molecule has 23 heavy (non-hydrogen) atoms. The van der Waals surface area contributed by atoms with Crippen LogP contribution in [0.15, 0.2) is 24.3 Å². The van der Waals surface area contributed by atoms with Gasteiger partial charge in [-0.05, 0) is 44.7 Å². The number of nitrogens with zero attached hydrogens (tertiary/aromatic N) is 2. The maximum Gasteiger partial charge on any atom is 0.246 e. The van der Waals surface area contributed by atoms with Crippen molar-refractivity contribution in [2.45, 2.75) is 45.6 Å². The van der Waals surface area contributed by atoms with E-state index in [9.17, 15) is 13.2 Å². The van der Waals surface area contributed by atoms with E-state index in [1.165, 1.54) is 10.6 Å². The minimum atomic E-state index is -3.54. The van der Waals surface area contributed by atoms with Crippen LogP contribution in [0.25, 0.3) is 0 Å². The molecule has 0 saturated carbocycles. The number of piperidine rings is 1. The van der Waals surface area contributed by atoms with E-state index in [0.29, 0.717) is 12.1 Å². The van der Waals surface area contributed by atoms with Crippen LogP contribution in [0.4, 0.5) is 5.69 Å². The van der Waals surface area contributed by atoms with Gasteiger partial charge in [-0.2, -0.15) is 0 Å². The maximum atomic E-state index is 12.9. The van der Waals surface area contributed by atoms with Gasteiger partial charge in [0.15, 0.2) is 0 Å². The van der Waals surface area contributed by atoms with Crippen molar-refractivity contribution in [1.82, 2.24) is 4.90 Å². The second-order valence-corrected chi connectivity index (χ2v) is 8.06. The minimum absolute atomic E-state index is 0.0850. The van der Waals surface area contributed by atoms with Crippen LogP contribution < -0.4 is 4.31 Å². The summed E-state index contributed by atoms with van der Waals surface area (Å²) < 4.78 is 26.0. The Balaban J connectivity index is 2.35. The molecule has 128 valence electrons. The van der Waals surface area contributed by atoms with Crippen LogP contribution in [0.3, 0.4) is 0 Å². The number of amides is 1. The van der Waals surface area contributed by atoms with Crippen LogP contribution in [0.2, 0.25) is 0 Å². The highest BCUT2D eigenvalue weighted by Gasteiger charge is 2.34. The van der Waals surface area contributed by atoms with Crippen molar-refractivity contribution in [1.29, 1.82) is 0 Å². The molecule has 1 aromatic rings. The number of hydrogen-bond acceptors (Lipinski definition) is 3. The Labute approximate surface area is 139 Å². The summed E-state index contributed by atoms with van der Waals surface area (Å²) in [6.45, 7) is 5.26. The highest BCUT2D eigenvalue weighted by atomic mass is 32.2. The van der Waals surface area contributed by atoms with Crippen LogP contribution in [0.5, 0.6) is 0 Å². The number of hydrogen-bond donors (Lipinski definition) is 0. The van der Waals surface area contributed by atoms with Gasteiger partial charge >= 0.3 is 0 Å².